The van der Waals surface area contributed by atoms with Crippen LogP contribution in [0.25, 0.3) is 0 Å². The molecule has 0 unspecified atom stereocenters. The molecule has 0 bridgehead atoms. The van der Waals surface area contributed by atoms with Crippen LogP contribution in [0.2, 0.25) is 0 Å². The van der Waals surface area contributed by atoms with Gasteiger partial charge in [-0.1, -0.05) is 24.3 Å². The fraction of sp³-hybridized carbons (Fsp3) is 0.400. The van der Waals surface area contributed by atoms with Crippen LogP contribution in [0, 0.1) is 23.2 Å². The number of hydrogen-bond donors (Lipinski definition) is 1. The average Bonchev–Trinajstić information content (AvgIpc) is 3.56. The minimum Gasteiger partial charge on any atom is -0.357 e. The number of aromatic amines is 1. The van der Waals surface area contributed by atoms with Gasteiger partial charge in [0.05, 0.1) is 23.5 Å². The predicted molar refractivity (Wildman–Crippen MR) is 149 cm³/mol. The second-order valence-corrected chi connectivity index (χ2v) is 11.1. The van der Waals surface area contributed by atoms with Crippen LogP contribution in [0.3, 0.4) is 0 Å². The van der Waals surface area contributed by atoms with Crippen LogP contribution >= 0.6 is 0 Å². The first-order valence-electron chi connectivity index (χ1n) is 14.1. The Labute approximate surface area is 244 Å². The second kappa shape index (κ2) is 11.2. The molecular formula is C30H28F3N7O3. The number of nitrogens with zero attached hydrogens (tertiary/aromatic N) is 6. The van der Waals surface area contributed by atoms with Crippen molar-refractivity contribution in [1.82, 2.24) is 20.1 Å². The molecule has 2 aromatic heterocycles. The summed E-state index contributed by atoms with van der Waals surface area (Å²) in [5, 5.41) is 14.5. The summed E-state index contributed by atoms with van der Waals surface area (Å²) in [5.74, 6) is -0.725. The van der Waals surface area contributed by atoms with Crippen LogP contribution in [0.15, 0.2) is 53.6 Å². The van der Waals surface area contributed by atoms with Crippen LogP contribution in [0.1, 0.15) is 47.6 Å². The van der Waals surface area contributed by atoms with E-state index in [2.05, 4.69) is 10.1 Å². The smallest absolute Gasteiger partial charge is 0.357 e. The lowest BCUT2D eigenvalue weighted by Crippen LogP contribution is -2.49. The number of rotatable bonds is 5. The Hall–Kier alpha value is -4.73. The first-order chi connectivity index (χ1) is 20.7. The molecule has 1 N–H and O–H groups in total. The van der Waals surface area contributed by atoms with Crippen molar-refractivity contribution in [2.75, 3.05) is 36.0 Å². The van der Waals surface area contributed by atoms with Gasteiger partial charge in [-0.2, -0.15) is 23.5 Å². The number of carbonyl (C=O) groups excluding carboxylic acids is 2. The number of H-pyrrole nitrogens is 1. The molecule has 222 valence electrons. The summed E-state index contributed by atoms with van der Waals surface area (Å²) in [6.45, 7) is 2.15. The van der Waals surface area contributed by atoms with Gasteiger partial charge in [-0.25, -0.2) is 10.1 Å². The molecule has 3 aromatic rings. The van der Waals surface area contributed by atoms with E-state index in [0.717, 1.165) is 23.1 Å². The molecule has 6 rings (SSSR count). The summed E-state index contributed by atoms with van der Waals surface area (Å²) in [6.07, 6.45) is -1.50. The highest BCUT2D eigenvalue weighted by molar-refractivity contribution is 5.91. The molecule has 2 fully saturated rings. The molecule has 3 atom stereocenters. The molecule has 1 saturated carbocycles. The highest BCUT2D eigenvalue weighted by Crippen LogP contribution is 2.49. The van der Waals surface area contributed by atoms with Crippen LogP contribution in [-0.2, 0) is 22.3 Å². The Morgan fingerprint density at radius 2 is 1.81 bits per heavy atom. The Morgan fingerprint density at radius 3 is 2.51 bits per heavy atom. The van der Waals surface area contributed by atoms with Crippen LogP contribution in [0.4, 0.5) is 24.7 Å². The molecule has 4 heterocycles. The molecule has 3 aliphatic rings. The van der Waals surface area contributed by atoms with Crippen molar-refractivity contribution in [3.63, 3.8) is 0 Å². The van der Waals surface area contributed by atoms with E-state index < -0.39 is 35.2 Å². The van der Waals surface area contributed by atoms with Crippen LogP contribution in [-0.4, -0.2) is 58.0 Å². The van der Waals surface area contributed by atoms with Gasteiger partial charge >= 0.3 is 6.18 Å². The Bertz CT molecular complexity index is 1640. The quantitative estimate of drug-likeness (QED) is 0.478. The number of piperazine rings is 1. The van der Waals surface area contributed by atoms with Gasteiger partial charge in [-0.3, -0.25) is 14.4 Å². The zero-order chi connectivity index (χ0) is 30.3. The van der Waals surface area contributed by atoms with Gasteiger partial charge in [-0.05, 0) is 36.1 Å². The van der Waals surface area contributed by atoms with Crippen molar-refractivity contribution in [3.8, 4) is 6.07 Å². The molecule has 43 heavy (non-hydrogen) atoms. The third-order valence-corrected chi connectivity index (χ3v) is 8.71. The topological polar surface area (TPSA) is 126 Å². The number of Topliss-reactive ketones (excluding diaryl/α,β-unsaturated/α-hetero) is 1. The number of aromatic nitrogens is 3. The number of alkyl halides is 3. The maximum atomic E-state index is 14.0. The van der Waals surface area contributed by atoms with E-state index in [1.54, 1.807) is 29.2 Å². The zero-order valence-electron chi connectivity index (χ0n) is 23.0. The molecule has 2 aliphatic heterocycles. The summed E-state index contributed by atoms with van der Waals surface area (Å²) in [4.78, 5) is 48.9. The molecule has 13 heteroatoms. The third kappa shape index (κ3) is 5.33. The van der Waals surface area contributed by atoms with E-state index in [1.807, 2.05) is 28.2 Å². The lowest BCUT2D eigenvalue weighted by Gasteiger charge is -2.36. The van der Waals surface area contributed by atoms with E-state index in [9.17, 15) is 27.6 Å². The first kappa shape index (κ1) is 28.4. The van der Waals surface area contributed by atoms with Crippen LogP contribution in [0.5, 0.6) is 0 Å². The molecule has 0 spiro atoms. The zero-order valence-corrected chi connectivity index (χ0v) is 23.0. The van der Waals surface area contributed by atoms with Crippen molar-refractivity contribution < 1.29 is 22.8 Å². The number of nitrogens with one attached hydrogen (secondary N) is 1. The first-order valence-corrected chi connectivity index (χ1v) is 14.1. The SMILES string of the molecule is N#Cc1ccc(N2CCN(C(=O)C[C@@H]3CC[C@@H]([C@@H]4c5ccccc5CN4c4cn[nH]c(=O)c4C(F)(F)F)C3=O)CC2)nc1. The fourth-order valence-electron chi connectivity index (χ4n) is 6.61. The third-order valence-electron chi connectivity index (χ3n) is 8.71. The van der Waals surface area contributed by atoms with Crippen molar-refractivity contribution in [3.05, 3.63) is 81.4 Å². The van der Waals surface area contributed by atoms with Crippen molar-refractivity contribution in [2.45, 2.75) is 38.0 Å². The summed E-state index contributed by atoms with van der Waals surface area (Å²) in [5.41, 5.74) is -1.05. The number of amides is 1. The predicted octanol–water partition coefficient (Wildman–Crippen LogP) is 3.45. The largest absolute Gasteiger partial charge is 0.423 e. The minimum absolute atomic E-state index is 0.0409. The summed E-state index contributed by atoms with van der Waals surface area (Å²) >= 11 is 0. The molecule has 1 aliphatic carbocycles. The van der Waals surface area contributed by atoms with Gasteiger partial charge in [0.25, 0.3) is 5.56 Å². The van der Waals surface area contributed by atoms with Crippen molar-refractivity contribution >= 4 is 23.2 Å². The van der Waals surface area contributed by atoms with E-state index in [-0.39, 0.29) is 30.3 Å². The van der Waals surface area contributed by atoms with Gasteiger partial charge in [0, 0.05) is 57.2 Å². The molecular weight excluding hydrogens is 563 g/mol. The fourth-order valence-corrected chi connectivity index (χ4v) is 6.61. The van der Waals surface area contributed by atoms with Gasteiger partial charge in [0.2, 0.25) is 5.91 Å². The molecule has 1 aromatic carbocycles. The molecule has 10 nitrogen and oxygen atoms in total. The molecule has 0 radical (unpaired) electrons. The minimum atomic E-state index is -4.92. The van der Waals surface area contributed by atoms with E-state index in [1.165, 1.54) is 11.1 Å². The number of hydrogen-bond acceptors (Lipinski definition) is 8. The lowest BCUT2D eigenvalue weighted by molar-refractivity contribution is -0.138. The van der Waals surface area contributed by atoms with Gasteiger partial charge in [0.1, 0.15) is 23.2 Å². The van der Waals surface area contributed by atoms with Gasteiger partial charge < -0.3 is 14.7 Å². The molecule has 1 amide bonds. The Kier molecular flexibility index (Phi) is 7.37. The van der Waals surface area contributed by atoms with Crippen LogP contribution < -0.4 is 15.4 Å². The summed E-state index contributed by atoms with van der Waals surface area (Å²) in [7, 11) is 0. The standard InChI is InChI=1S/C30H28F3N7O3/c31-30(32,33)26-23(16-36-37-29(26)43)40-17-20-3-1-2-4-21(20)27(40)22-7-6-19(28(22)42)13-25(41)39-11-9-38(10-12-39)24-8-5-18(14-34)15-35-24/h1-5,8,15-16,19,22,27H,6-7,9-13,17H2,(H,37,43)/t19-,22-,27-/m0/s1. The maximum Gasteiger partial charge on any atom is 0.423 e. The van der Waals surface area contributed by atoms with Crippen molar-refractivity contribution in [1.29, 1.82) is 5.26 Å². The number of nitriles is 1. The van der Waals surface area contributed by atoms with Gasteiger partial charge in [-0.15, -0.1) is 0 Å². The highest BCUT2D eigenvalue weighted by atomic mass is 19.4. The lowest BCUT2D eigenvalue weighted by atomic mass is 9.88. The highest BCUT2D eigenvalue weighted by Gasteiger charge is 2.48. The van der Waals surface area contributed by atoms with E-state index in [4.69, 9.17) is 5.26 Å². The van der Waals surface area contributed by atoms with E-state index in [0.29, 0.717) is 44.6 Å². The number of anilines is 2. The average molecular weight is 592 g/mol. The summed E-state index contributed by atoms with van der Waals surface area (Å²) in [6, 6.07) is 12.0. The monoisotopic (exact) mass is 591 g/mol. The number of ketones is 1. The Morgan fingerprint density at radius 1 is 1.05 bits per heavy atom. The normalized spacial score (nSPS) is 22.0. The number of carbonyl (C=O) groups is 2. The van der Waals surface area contributed by atoms with Gasteiger partial charge in [0.15, 0.2) is 0 Å². The number of halogens is 3. The maximum absolute atomic E-state index is 14.0. The molecule has 1 saturated heterocycles. The summed E-state index contributed by atoms with van der Waals surface area (Å²) < 4.78 is 42.0. The van der Waals surface area contributed by atoms with Crippen molar-refractivity contribution in [2.24, 2.45) is 11.8 Å². The Balaban J connectivity index is 1.17. The number of pyridine rings is 1. The second-order valence-electron chi connectivity index (χ2n) is 11.1. The number of benzene rings is 1. The number of fused-ring (bicyclic) bond motifs is 1. The van der Waals surface area contributed by atoms with E-state index >= 15 is 0 Å².